The van der Waals surface area contributed by atoms with Crippen molar-refractivity contribution in [1.29, 1.82) is 0 Å². The molecule has 3 rings (SSSR count). The van der Waals surface area contributed by atoms with Crippen molar-refractivity contribution < 1.29 is 19.1 Å². The first-order valence-electron chi connectivity index (χ1n) is 11.2. The molecule has 1 fully saturated rings. The summed E-state index contributed by atoms with van der Waals surface area (Å²) in [6, 6.07) is 14.1. The monoisotopic (exact) mass is 451 g/mol. The van der Waals surface area contributed by atoms with Gasteiger partial charge in [0.25, 0.3) is 5.91 Å². The van der Waals surface area contributed by atoms with Crippen LogP contribution in [0.15, 0.2) is 48.5 Å². The van der Waals surface area contributed by atoms with Gasteiger partial charge in [0, 0.05) is 38.8 Å². The summed E-state index contributed by atoms with van der Waals surface area (Å²) in [5.74, 6) is 0.867. The lowest BCUT2D eigenvalue weighted by molar-refractivity contribution is -0.127. The molecule has 0 aromatic heterocycles. The third kappa shape index (κ3) is 7.08. The number of nitrogens with zero attached hydrogens (tertiary/aromatic N) is 2. The maximum absolute atomic E-state index is 12.6. The number of benzene rings is 2. The quantitative estimate of drug-likeness (QED) is 0.593. The highest BCUT2D eigenvalue weighted by atomic mass is 16.5. The van der Waals surface area contributed by atoms with Crippen molar-refractivity contribution in [3.05, 3.63) is 65.2 Å². The highest BCUT2D eigenvalue weighted by Gasteiger charge is 2.19. The van der Waals surface area contributed by atoms with E-state index in [-0.39, 0.29) is 12.5 Å². The van der Waals surface area contributed by atoms with Crippen LogP contribution in [0.3, 0.4) is 0 Å². The average molecular weight is 452 g/mol. The third-order valence-corrected chi connectivity index (χ3v) is 5.71. The zero-order valence-corrected chi connectivity index (χ0v) is 19.6. The van der Waals surface area contributed by atoms with Crippen LogP contribution in [0.4, 0.5) is 0 Å². The summed E-state index contributed by atoms with van der Waals surface area (Å²) in [5.41, 5.74) is 8.57. The van der Waals surface area contributed by atoms with E-state index in [2.05, 4.69) is 43.0 Å². The molecule has 2 aromatic carbocycles. The zero-order valence-electron chi connectivity index (χ0n) is 19.6. The number of carbonyl (C=O) groups is 2. The van der Waals surface area contributed by atoms with Gasteiger partial charge in [-0.15, -0.1) is 0 Å². The molecule has 2 amide bonds. The van der Waals surface area contributed by atoms with Gasteiger partial charge >= 0.3 is 0 Å². The molecule has 0 saturated carbocycles. The average Bonchev–Trinajstić information content (AvgIpc) is 2.82. The topological polar surface area (TPSA) is 85.1 Å². The molecule has 0 unspecified atom stereocenters. The molecular weight excluding hydrogens is 418 g/mol. The van der Waals surface area contributed by atoms with Crippen molar-refractivity contribution in [1.82, 2.24) is 9.80 Å². The largest absolute Gasteiger partial charge is 0.493 e. The van der Waals surface area contributed by atoms with Gasteiger partial charge < -0.3 is 20.1 Å². The van der Waals surface area contributed by atoms with Crippen molar-refractivity contribution in [2.45, 2.75) is 26.3 Å². The van der Waals surface area contributed by atoms with Crippen molar-refractivity contribution >= 4 is 17.9 Å². The molecule has 1 heterocycles. The summed E-state index contributed by atoms with van der Waals surface area (Å²) in [4.78, 5) is 27.8. The highest BCUT2D eigenvalue weighted by Crippen LogP contribution is 2.28. The number of rotatable bonds is 9. The van der Waals surface area contributed by atoms with Crippen LogP contribution in [0.5, 0.6) is 11.5 Å². The molecule has 0 atom stereocenters. The van der Waals surface area contributed by atoms with Crippen LogP contribution < -0.4 is 15.2 Å². The second-order valence-corrected chi connectivity index (χ2v) is 8.50. The van der Waals surface area contributed by atoms with Gasteiger partial charge in [-0.25, -0.2) is 0 Å². The van der Waals surface area contributed by atoms with Crippen LogP contribution in [-0.2, 0) is 16.1 Å². The van der Waals surface area contributed by atoms with Gasteiger partial charge in [-0.3, -0.25) is 14.5 Å². The minimum absolute atomic E-state index is 0.0102. The maximum atomic E-state index is 12.6. The smallest absolute Gasteiger partial charge is 0.255 e. The molecule has 1 saturated heterocycles. The molecule has 0 spiro atoms. The van der Waals surface area contributed by atoms with E-state index >= 15 is 0 Å². The summed E-state index contributed by atoms with van der Waals surface area (Å²) >= 11 is 0. The van der Waals surface area contributed by atoms with Crippen molar-refractivity contribution in [3.8, 4) is 11.5 Å². The van der Waals surface area contributed by atoms with Crippen LogP contribution in [0, 0.1) is 0 Å². The van der Waals surface area contributed by atoms with E-state index in [9.17, 15) is 9.59 Å². The van der Waals surface area contributed by atoms with Crippen LogP contribution in [0.25, 0.3) is 6.08 Å². The fourth-order valence-corrected chi connectivity index (χ4v) is 3.72. The summed E-state index contributed by atoms with van der Waals surface area (Å²) in [7, 11) is 1.52. The predicted octanol–water partition coefficient (Wildman–Crippen LogP) is 3.04. The number of hydrogen-bond donors (Lipinski definition) is 1. The number of carbonyl (C=O) groups excluding carboxylic acids is 2. The highest BCUT2D eigenvalue weighted by molar-refractivity contribution is 5.92. The Morgan fingerprint density at radius 3 is 2.33 bits per heavy atom. The summed E-state index contributed by atoms with van der Waals surface area (Å²) in [6.07, 6.45) is 3.34. The Kier molecular flexibility index (Phi) is 8.49. The van der Waals surface area contributed by atoms with Crippen molar-refractivity contribution in [2.24, 2.45) is 5.73 Å². The number of piperazine rings is 1. The van der Waals surface area contributed by atoms with Gasteiger partial charge in [0.2, 0.25) is 5.91 Å². The fraction of sp³-hybridized carbons (Fsp3) is 0.385. The Balaban J connectivity index is 1.50. The van der Waals surface area contributed by atoms with Gasteiger partial charge in [0.05, 0.1) is 7.11 Å². The van der Waals surface area contributed by atoms with E-state index < -0.39 is 5.91 Å². The maximum Gasteiger partial charge on any atom is 0.255 e. The second kappa shape index (κ2) is 11.5. The van der Waals surface area contributed by atoms with Gasteiger partial charge in [0.15, 0.2) is 18.1 Å². The summed E-state index contributed by atoms with van der Waals surface area (Å²) < 4.78 is 10.6. The van der Waals surface area contributed by atoms with E-state index in [1.54, 1.807) is 30.4 Å². The molecule has 2 N–H and O–H groups in total. The standard InChI is InChI=1S/C26H33N3O4/c1-19(2)22-8-4-21(5-9-22)17-28-12-14-29(15-13-28)26(31)11-7-20-6-10-23(24(16-20)32-3)33-18-25(27)30/h4-11,16,19H,12-15,17-18H2,1-3H3,(H2,27,30)/b11-7+. The molecule has 1 aliphatic rings. The minimum atomic E-state index is -0.559. The van der Waals surface area contributed by atoms with E-state index in [0.717, 1.165) is 25.2 Å². The van der Waals surface area contributed by atoms with Crippen LogP contribution in [-0.4, -0.2) is 61.5 Å². The van der Waals surface area contributed by atoms with Crippen LogP contribution in [0.1, 0.15) is 36.5 Å². The van der Waals surface area contributed by atoms with Crippen LogP contribution >= 0.6 is 0 Å². The molecular formula is C26H33N3O4. The number of primary amides is 1. The molecule has 0 bridgehead atoms. The molecule has 7 heteroatoms. The number of nitrogens with two attached hydrogens (primary N) is 1. The first kappa shape index (κ1) is 24.3. The SMILES string of the molecule is COc1cc(/C=C/C(=O)N2CCN(Cc3ccc(C(C)C)cc3)CC2)ccc1OCC(N)=O. The summed E-state index contributed by atoms with van der Waals surface area (Å²) in [5, 5.41) is 0. The molecule has 0 radical (unpaired) electrons. The molecule has 7 nitrogen and oxygen atoms in total. The van der Waals surface area contributed by atoms with Crippen molar-refractivity contribution in [3.63, 3.8) is 0 Å². The van der Waals surface area contributed by atoms with Gasteiger partial charge in [0.1, 0.15) is 0 Å². The molecule has 2 aromatic rings. The number of hydrogen-bond acceptors (Lipinski definition) is 5. The number of ether oxygens (including phenoxy) is 2. The summed E-state index contributed by atoms with van der Waals surface area (Å²) in [6.45, 7) is 8.20. The Hall–Kier alpha value is -3.32. The van der Waals surface area contributed by atoms with E-state index in [4.69, 9.17) is 15.2 Å². The second-order valence-electron chi connectivity index (χ2n) is 8.50. The fourth-order valence-electron chi connectivity index (χ4n) is 3.72. The molecule has 1 aliphatic heterocycles. The van der Waals surface area contributed by atoms with Gasteiger partial charge in [-0.05, 0) is 40.8 Å². The molecule has 176 valence electrons. The van der Waals surface area contributed by atoms with Crippen molar-refractivity contribution in [2.75, 3.05) is 39.9 Å². The number of amides is 2. The minimum Gasteiger partial charge on any atom is -0.493 e. The normalized spacial score (nSPS) is 14.6. The Morgan fingerprint density at radius 1 is 1.03 bits per heavy atom. The first-order chi connectivity index (χ1) is 15.9. The lowest BCUT2D eigenvalue weighted by atomic mass is 10.0. The third-order valence-electron chi connectivity index (χ3n) is 5.71. The van der Waals surface area contributed by atoms with Gasteiger partial charge in [-0.1, -0.05) is 44.2 Å². The van der Waals surface area contributed by atoms with Crippen LogP contribution in [0.2, 0.25) is 0 Å². The molecule has 0 aliphatic carbocycles. The van der Waals surface area contributed by atoms with E-state index in [1.807, 2.05) is 4.90 Å². The Morgan fingerprint density at radius 2 is 1.73 bits per heavy atom. The van der Waals surface area contributed by atoms with Gasteiger partial charge in [-0.2, -0.15) is 0 Å². The Labute approximate surface area is 195 Å². The first-order valence-corrected chi connectivity index (χ1v) is 11.2. The zero-order chi connectivity index (χ0) is 23.8. The molecule has 33 heavy (non-hydrogen) atoms. The number of methoxy groups -OCH3 is 1. The van der Waals surface area contributed by atoms with E-state index in [1.165, 1.54) is 18.2 Å². The lowest BCUT2D eigenvalue weighted by Crippen LogP contribution is -2.47. The Bertz CT molecular complexity index is 978. The predicted molar refractivity (Wildman–Crippen MR) is 129 cm³/mol. The van der Waals surface area contributed by atoms with E-state index in [0.29, 0.717) is 30.5 Å². The lowest BCUT2D eigenvalue weighted by Gasteiger charge is -2.34.